The fourth-order valence-corrected chi connectivity index (χ4v) is 4.67. The van der Waals surface area contributed by atoms with E-state index >= 15 is 0 Å². The van der Waals surface area contributed by atoms with Crippen molar-refractivity contribution in [1.82, 2.24) is 19.6 Å². The fourth-order valence-electron chi connectivity index (χ4n) is 3.42. The molecule has 0 fully saturated rings. The quantitative estimate of drug-likeness (QED) is 0.327. The second-order valence-electron chi connectivity index (χ2n) is 7.09. The smallest absolute Gasteiger partial charge is 0.348 e. The summed E-state index contributed by atoms with van der Waals surface area (Å²) in [6, 6.07) is 15.2. The predicted octanol–water partition coefficient (Wildman–Crippen LogP) is 5.33. The topological polar surface area (TPSA) is 78.6 Å². The number of fused-ring (bicyclic) bond motifs is 3. The fraction of sp³-hybridized carbons (Fsp3) is 0.130. The third-order valence-electron chi connectivity index (χ3n) is 5.08. The van der Waals surface area contributed by atoms with Crippen LogP contribution in [0.4, 0.5) is 0 Å². The second-order valence-corrected chi connectivity index (χ2v) is 8.50. The maximum atomic E-state index is 12.1. The van der Waals surface area contributed by atoms with Gasteiger partial charge in [-0.2, -0.15) is 0 Å². The number of aryl methyl sites for hydroxylation is 1. The Balaban J connectivity index is 1.44. The van der Waals surface area contributed by atoms with E-state index in [4.69, 9.17) is 26.1 Å². The highest BCUT2D eigenvalue weighted by Gasteiger charge is 2.20. The average Bonchev–Trinajstić information content (AvgIpc) is 3.39. The van der Waals surface area contributed by atoms with Crippen molar-refractivity contribution in [3.8, 4) is 17.1 Å². The van der Waals surface area contributed by atoms with Crippen molar-refractivity contribution >= 4 is 44.8 Å². The number of esters is 1. The van der Waals surface area contributed by atoms with Gasteiger partial charge in [-0.1, -0.05) is 48.0 Å². The van der Waals surface area contributed by atoms with Crippen molar-refractivity contribution < 1.29 is 14.3 Å². The SMILES string of the molecule is COC(=O)c1sc2ncn3nc(-c4ccc(COc5ccccc5Cl)cc4)nc3c2c1C. The lowest BCUT2D eigenvalue weighted by Crippen LogP contribution is -1.99. The van der Waals surface area contributed by atoms with Gasteiger partial charge in [0.2, 0.25) is 0 Å². The molecule has 5 aromatic rings. The number of methoxy groups -OCH3 is 1. The predicted molar refractivity (Wildman–Crippen MR) is 123 cm³/mol. The van der Waals surface area contributed by atoms with Gasteiger partial charge in [-0.25, -0.2) is 19.3 Å². The van der Waals surface area contributed by atoms with Crippen molar-refractivity contribution in [2.75, 3.05) is 7.11 Å². The van der Waals surface area contributed by atoms with E-state index < -0.39 is 0 Å². The number of rotatable bonds is 5. The number of aromatic nitrogens is 4. The number of ether oxygens (including phenoxy) is 2. The minimum Gasteiger partial charge on any atom is -0.487 e. The first-order valence-corrected chi connectivity index (χ1v) is 10.9. The standard InChI is InChI=1S/C23H17ClN4O3S/c1-13-18-21-26-20(27-28(21)12-25-22(18)32-19(13)23(29)30-2)15-9-7-14(8-10-15)11-31-17-6-4-3-5-16(17)24/h3-10,12H,11H2,1-2H3. The highest BCUT2D eigenvalue weighted by atomic mass is 35.5. The zero-order valence-electron chi connectivity index (χ0n) is 17.2. The van der Waals surface area contributed by atoms with E-state index in [1.807, 2.05) is 49.4 Å². The van der Waals surface area contributed by atoms with E-state index in [1.54, 1.807) is 16.9 Å². The Morgan fingerprint density at radius 1 is 1.16 bits per heavy atom. The van der Waals surface area contributed by atoms with Crippen LogP contribution in [-0.2, 0) is 11.3 Å². The first-order chi connectivity index (χ1) is 15.5. The van der Waals surface area contributed by atoms with Crippen molar-refractivity contribution in [1.29, 1.82) is 0 Å². The highest BCUT2D eigenvalue weighted by molar-refractivity contribution is 7.20. The Labute approximate surface area is 192 Å². The number of hydrogen-bond donors (Lipinski definition) is 0. The zero-order valence-corrected chi connectivity index (χ0v) is 18.8. The van der Waals surface area contributed by atoms with Crippen LogP contribution in [0.15, 0.2) is 54.9 Å². The molecule has 5 rings (SSSR count). The third kappa shape index (κ3) is 3.57. The van der Waals surface area contributed by atoms with E-state index in [-0.39, 0.29) is 5.97 Å². The Morgan fingerprint density at radius 2 is 1.94 bits per heavy atom. The van der Waals surface area contributed by atoms with Crippen LogP contribution in [0.1, 0.15) is 20.8 Å². The van der Waals surface area contributed by atoms with Gasteiger partial charge in [-0.15, -0.1) is 16.4 Å². The minimum atomic E-state index is -0.377. The Morgan fingerprint density at radius 3 is 2.69 bits per heavy atom. The summed E-state index contributed by atoms with van der Waals surface area (Å²) in [5.41, 5.74) is 3.31. The van der Waals surface area contributed by atoms with Gasteiger partial charge in [0.05, 0.1) is 17.5 Å². The zero-order chi connectivity index (χ0) is 22.2. The highest BCUT2D eigenvalue weighted by Crippen LogP contribution is 2.33. The summed E-state index contributed by atoms with van der Waals surface area (Å²) in [7, 11) is 1.37. The summed E-state index contributed by atoms with van der Waals surface area (Å²) in [6.07, 6.45) is 1.61. The summed E-state index contributed by atoms with van der Waals surface area (Å²) >= 11 is 7.43. The molecule has 0 spiro atoms. The number of thiophene rings is 1. The summed E-state index contributed by atoms with van der Waals surface area (Å²) < 4.78 is 12.3. The Kier molecular flexibility index (Phi) is 5.24. The summed E-state index contributed by atoms with van der Waals surface area (Å²) in [6.45, 7) is 2.27. The van der Waals surface area contributed by atoms with Crippen LogP contribution in [0.3, 0.4) is 0 Å². The van der Waals surface area contributed by atoms with Crippen molar-refractivity contribution in [3.05, 3.63) is 75.9 Å². The molecule has 32 heavy (non-hydrogen) atoms. The molecule has 0 saturated carbocycles. The van der Waals surface area contributed by atoms with Gasteiger partial charge in [0.25, 0.3) is 0 Å². The van der Waals surface area contributed by atoms with E-state index in [0.29, 0.717) is 33.7 Å². The molecule has 0 saturated heterocycles. The van der Waals surface area contributed by atoms with Gasteiger partial charge < -0.3 is 9.47 Å². The third-order valence-corrected chi connectivity index (χ3v) is 6.57. The molecule has 0 N–H and O–H groups in total. The van der Waals surface area contributed by atoms with Crippen LogP contribution >= 0.6 is 22.9 Å². The molecule has 3 heterocycles. The lowest BCUT2D eigenvalue weighted by atomic mass is 10.1. The van der Waals surface area contributed by atoms with Crippen molar-refractivity contribution in [3.63, 3.8) is 0 Å². The normalized spacial score (nSPS) is 11.2. The first kappa shape index (κ1) is 20.4. The molecule has 0 aliphatic heterocycles. The number of benzene rings is 2. The van der Waals surface area contributed by atoms with Crippen LogP contribution < -0.4 is 4.74 Å². The lowest BCUT2D eigenvalue weighted by Gasteiger charge is -2.08. The number of carbonyl (C=O) groups is 1. The largest absolute Gasteiger partial charge is 0.487 e. The molecule has 0 atom stereocenters. The minimum absolute atomic E-state index is 0.377. The van der Waals surface area contributed by atoms with Crippen LogP contribution in [0, 0.1) is 6.92 Å². The van der Waals surface area contributed by atoms with Crippen LogP contribution in [0.2, 0.25) is 5.02 Å². The van der Waals surface area contributed by atoms with Gasteiger partial charge in [-0.05, 0) is 30.2 Å². The first-order valence-electron chi connectivity index (χ1n) is 9.74. The van der Waals surface area contributed by atoms with E-state index in [2.05, 4.69) is 10.1 Å². The molecule has 0 aliphatic rings. The lowest BCUT2D eigenvalue weighted by molar-refractivity contribution is 0.0605. The summed E-state index contributed by atoms with van der Waals surface area (Å²) in [5, 5.41) is 5.95. The second kappa shape index (κ2) is 8.22. The monoisotopic (exact) mass is 464 g/mol. The molecule has 7 nitrogen and oxygen atoms in total. The Hall–Kier alpha value is -3.49. The molecule has 0 amide bonds. The molecule has 0 bridgehead atoms. The molecule has 3 aromatic heterocycles. The molecule has 0 radical (unpaired) electrons. The average molecular weight is 465 g/mol. The van der Waals surface area contributed by atoms with Crippen LogP contribution in [-0.4, -0.2) is 32.7 Å². The molecule has 160 valence electrons. The number of carbonyl (C=O) groups excluding carboxylic acids is 1. The summed E-state index contributed by atoms with van der Waals surface area (Å²) in [5.74, 6) is 0.843. The van der Waals surface area contributed by atoms with Gasteiger partial charge in [0.15, 0.2) is 11.5 Å². The molecular formula is C23H17ClN4O3S. The number of halogens is 1. The number of hydrogen-bond acceptors (Lipinski definition) is 7. The van der Waals surface area contributed by atoms with Gasteiger partial charge in [0.1, 0.15) is 28.4 Å². The number of para-hydroxylation sites is 1. The van der Waals surface area contributed by atoms with Crippen LogP contribution in [0.5, 0.6) is 5.75 Å². The van der Waals surface area contributed by atoms with Gasteiger partial charge in [-0.3, -0.25) is 0 Å². The van der Waals surface area contributed by atoms with Crippen molar-refractivity contribution in [2.45, 2.75) is 13.5 Å². The van der Waals surface area contributed by atoms with Crippen molar-refractivity contribution in [2.24, 2.45) is 0 Å². The molecule has 2 aromatic carbocycles. The van der Waals surface area contributed by atoms with E-state index in [9.17, 15) is 4.79 Å². The maximum Gasteiger partial charge on any atom is 0.348 e. The maximum absolute atomic E-state index is 12.1. The molecule has 0 aliphatic carbocycles. The number of nitrogens with zero attached hydrogens (tertiary/aromatic N) is 4. The summed E-state index contributed by atoms with van der Waals surface area (Å²) in [4.78, 5) is 22.5. The molecular weight excluding hydrogens is 448 g/mol. The van der Waals surface area contributed by atoms with Gasteiger partial charge in [0, 0.05) is 5.56 Å². The molecule has 9 heteroatoms. The van der Waals surface area contributed by atoms with E-state index in [0.717, 1.165) is 26.9 Å². The van der Waals surface area contributed by atoms with Crippen LogP contribution in [0.25, 0.3) is 27.3 Å². The van der Waals surface area contributed by atoms with E-state index in [1.165, 1.54) is 18.4 Å². The van der Waals surface area contributed by atoms with Gasteiger partial charge >= 0.3 is 5.97 Å². The molecule has 0 unspecified atom stereocenters. The Bertz CT molecular complexity index is 1460.